The number of benzene rings is 1. The first-order valence-corrected chi connectivity index (χ1v) is 8.43. The van der Waals surface area contributed by atoms with Crippen LogP contribution in [0.1, 0.15) is 35.9 Å². The molecule has 3 aromatic rings. The number of halogens is 2. The molecule has 0 aliphatic rings. The van der Waals surface area contributed by atoms with E-state index in [1.807, 2.05) is 13.8 Å². The molecule has 0 unspecified atom stereocenters. The third-order valence-corrected chi connectivity index (χ3v) is 4.02. The Labute approximate surface area is 152 Å². The summed E-state index contributed by atoms with van der Waals surface area (Å²) in [5.74, 6) is -0.380. The second kappa shape index (κ2) is 7.14. The van der Waals surface area contributed by atoms with Gasteiger partial charge in [-0.1, -0.05) is 18.2 Å². The van der Waals surface area contributed by atoms with Gasteiger partial charge in [-0.3, -0.25) is 9.48 Å². The molecule has 0 radical (unpaired) electrons. The molecule has 9 heteroatoms. The van der Waals surface area contributed by atoms with E-state index in [0.717, 1.165) is 0 Å². The molecule has 1 N–H and O–H groups in total. The number of nitrogens with zero attached hydrogens (tertiary/aromatic N) is 5. The molecule has 2 heterocycles. The maximum Gasteiger partial charge on any atom is 0.279 e. The van der Waals surface area contributed by atoms with E-state index in [4.69, 9.17) is 0 Å². The number of hydrogen-bond acceptors (Lipinski definition) is 4. The zero-order valence-corrected chi connectivity index (χ0v) is 15.2. The average molecular weight is 407 g/mol. The van der Waals surface area contributed by atoms with E-state index in [9.17, 15) is 9.18 Å². The van der Waals surface area contributed by atoms with Gasteiger partial charge >= 0.3 is 0 Å². The van der Waals surface area contributed by atoms with Crippen LogP contribution in [0, 0.1) is 5.82 Å². The highest BCUT2D eigenvalue weighted by Gasteiger charge is 2.16. The molecule has 0 fully saturated rings. The molecular weight excluding hydrogens is 391 g/mol. The zero-order chi connectivity index (χ0) is 18.0. The second-order valence-electron chi connectivity index (χ2n) is 5.71. The monoisotopic (exact) mass is 406 g/mol. The van der Waals surface area contributed by atoms with Gasteiger partial charge in [-0.05, 0) is 35.8 Å². The van der Waals surface area contributed by atoms with E-state index >= 15 is 0 Å². The van der Waals surface area contributed by atoms with Gasteiger partial charge in [-0.2, -0.15) is 15.0 Å². The summed E-state index contributed by atoms with van der Waals surface area (Å²) < 4.78 is 15.9. The van der Waals surface area contributed by atoms with Gasteiger partial charge in [0.15, 0.2) is 11.5 Å². The lowest BCUT2D eigenvalue weighted by molar-refractivity contribution is 0.102. The van der Waals surface area contributed by atoms with Crippen LogP contribution < -0.4 is 5.32 Å². The minimum Gasteiger partial charge on any atom is -0.303 e. The summed E-state index contributed by atoms with van der Waals surface area (Å²) in [7, 11) is 0. The van der Waals surface area contributed by atoms with Gasteiger partial charge < -0.3 is 5.32 Å². The van der Waals surface area contributed by atoms with Crippen LogP contribution >= 0.6 is 15.9 Å². The van der Waals surface area contributed by atoms with E-state index in [2.05, 4.69) is 36.5 Å². The lowest BCUT2D eigenvalue weighted by atomic mass is 10.2. The fourth-order valence-electron chi connectivity index (χ4n) is 2.16. The first-order valence-electron chi connectivity index (χ1n) is 7.63. The van der Waals surface area contributed by atoms with Gasteiger partial charge in [0.2, 0.25) is 0 Å². The van der Waals surface area contributed by atoms with Gasteiger partial charge in [-0.15, -0.1) is 5.10 Å². The molecular formula is C16H16BrFN6O. The Hall–Kier alpha value is -2.55. The third-order valence-electron chi connectivity index (χ3n) is 3.44. The van der Waals surface area contributed by atoms with Gasteiger partial charge in [0.05, 0.1) is 23.3 Å². The summed E-state index contributed by atoms with van der Waals surface area (Å²) in [5, 5.41) is 15.1. The Bertz CT molecular complexity index is 904. The molecule has 130 valence electrons. The zero-order valence-electron chi connectivity index (χ0n) is 13.6. The highest BCUT2D eigenvalue weighted by molar-refractivity contribution is 9.10. The Morgan fingerprint density at radius 1 is 1.32 bits per heavy atom. The van der Waals surface area contributed by atoms with E-state index in [1.165, 1.54) is 17.1 Å². The maximum atomic E-state index is 13.7. The summed E-state index contributed by atoms with van der Waals surface area (Å²) >= 11 is 3.35. The van der Waals surface area contributed by atoms with Gasteiger partial charge in [0, 0.05) is 11.8 Å². The summed E-state index contributed by atoms with van der Waals surface area (Å²) in [6, 6.07) is 6.54. The predicted octanol–water partition coefficient (Wildman–Crippen LogP) is 3.26. The highest BCUT2D eigenvalue weighted by Crippen LogP contribution is 2.21. The second-order valence-corrected chi connectivity index (χ2v) is 6.57. The Balaban J connectivity index is 1.74. The van der Waals surface area contributed by atoms with Crippen LogP contribution in [0.5, 0.6) is 0 Å². The summed E-state index contributed by atoms with van der Waals surface area (Å²) in [6.45, 7) is 4.09. The fourth-order valence-corrected chi connectivity index (χ4v) is 2.58. The number of carbonyl (C=O) groups is 1. The molecule has 2 aromatic heterocycles. The van der Waals surface area contributed by atoms with Crippen molar-refractivity contribution in [3.8, 4) is 0 Å². The molecule has 3 rings (SSSR count). The molecule has 0 atom stereocenters. The van der Waals surface area contributed by atoms with E-state index < -0.39 is 5.91 Å². The van der Waals surface area contributed by atoms with Crippen molar-refractivity contribution in [2.75, 3.05) is 5.32 Å². The first-order chi connectivity index (χ1) is 11.9. The molecule has 7 nitrogen and oxygen atoms in total. The minimum atomic E-state index is -0.413. The number of nitrogens with one attached hydrogen (secondary N) is 1. The van der Waals surface area contributed by atoms with Crippen LogP contribution in [0.4, 0.5) is 10.2 Å². The molecule has 0 saturated heterocycles. The topological polar surface area (TPSA) is 77.6 Å². The number of anilines is 1. The molecule has 25 heavy (non-hydrogen) atoms. The maximum absolute atomic E-state index is 13.7. The Kier molecular flexibility index (Phi) is 4.93. The van der Waals surface area contributed by atoms with Crippen LogP contribution in [0.15, 0.2) is 41.1 Å². The standard InChI is InChI=1S/C16H16BrFN6O/c1-10(2)24-19-7-14(21-24)16(25)20-15-12(17)9-23(22-15)8-11-5-3-4-6-13(11)18/h3-7,9-10H,8H2,1-2H3,(H,20,22,25). The van der Waals surface area contributed by atoms with E-state index in [-0.39, 0.29) is 24.1 Å². The summed E-state index contributed by atoms with van der Waals surface area (Å²) in [6.07, 6.45) is 3.08. The Morgan fingerprint density at radius 3 is 2.76 bits per heavy atom. The number of carbonyl (C=O) groups excluding carboxylic acids is 1. The normalized spacial score (nSPS) is 11.1. The van der Waals surface area contributed by atoms with Crippen molar-refractivity contribution >= 4 is 27.7 Å². The van der Waals surface area contributed by atoms with Crippen LogP contribution in [0.25, 0.3) is 0 Å². The van der Waals surface area contributed by atoms with Gasteiger partial charge in [0.25, 0.3) is 5.91 Å². The smallest absolute Gasteiger partial charge is 0.279 e. The quantitative estimate of drug-likeness (QED) is 0.705. The summed E-state index contributed by atoms with van der Waals surface area (Å²) in [4.78, 5) is 13.7. The molecule has 1 aromatic carbocycles. The van der Waals surface area contributed by atoms with Crippen LogP contribution in [0.3, 0.4) is 0 Å². The van der Waals surface area contributed by atoms with Crippen molar-refractivity contribution in [2.24, 2.45) is 0 Å². The van der Waals surface area contributed by atoms with Gasteiger partial charge in [-0.25, -0.2) is 4.39 Å². The number of aromatic nitrogens is 5. The number of amides is 1. The third kappa shape index (κ3) is 3.93. The van der Waals surface area contributed by atoms with E-state index in [1.54, 1.807) is 29.1 Å². The van der Waals surface area contributed by atoms with Crippen LogP contribution in [-0.4, -0.2) is 30.7 Å². The van der Waals surface area contributed by atoms with Crippen molar-refractivity contribution in [3.63, 3.8) is 0 Å². The van der Waals surface area contributed by atoms with Crippen LogP contribution in [-0.2, 0) is 6.54 Å². The Morgan fingerprint density at radius 2 is 2.08 bits per heavy atom. The predicted molar refractivity (Wildman–Crippen MR) is 93.8 cm³/mol. The molecule has 1 amide bonds. The molecule has 0 saturated carbocycles. The lowest BCUT2D eigenvalue weighted by Gasteiger charge is -2.03. The summed E-state index contributed by atoms with van der Waals surface area (Å²) in [5.41, 5.74) is 0.708. The van der Waals surface area contributed by atoms with E-state index in [0.29, 0.717) is 15.9 Å². The number of hydrogen-bond donors (Lipinski definition) is 1. The number of rotatable bonds is 5. The fraction of sp³-hybridized carbons (Fsp3) is 0.250. The van der Waals surface area contributed by atoms with Crippen molar-refractivity contribution in [3.05, 3.63) is 58.2 Å². The highest BCUT2D eigenvalue weighted by atomic mass is 79.9. The van der Waals surface area contributed by atoms with Gasteiger partial charge in [0.1, 0.15) is 5.82 Å². The van der Waals surface area contributed by atoms with Crippen molar-refractivity contribution in [2.45, 2.75) is 26.4 Å². The van der Waals surface area contributed by atoms with Crippen molar-refractivity contribution < 1.29 is 9.18 Å². The average Bonchev–Trinajstić information content (AvgIpc) is 3.17. The van der Waals surface area contributed by atoms with Crippen LogP contribution in [0.2, 0.25) is 0 Å². The first kappa shape index (κ1) is 17.3. The molecule has 0 aliphatic carbocycles. The minimum absolute atomic E-state index is 0.0632. The molecule has 0 spiro atoms. The SMILES string of the molecule is CC(C)n1ncc(C(=O)Nc2nn(Cc3ccccc3F)cc2Br)n1. The van der Waals surface area contributed by atoms with Crippen molar-refractivity contribution in [1.82, 2.24) is 24.8 Å². The largest absolute Gasteiger partial charge is 0.303 e. The van der Waals surface area contributed by atoms with Crippen molar-refractivity contribution in [1.29, 1.82) is 0 Å². The lowest BCUT2D eigenvalue weighted by Crippen LogP contribution is -2.15. The molecule has 0 aliphatic heterocycles. The molecule has 0 bridgehead atoms.